The zero-order valence-corrected chi connectivity index (χ0v) is 8.60. The van der Waals surface area contributed by atoms with Crippen LogP contribution in [0.4, 0.5) is 0 Å². The molecule has 0 radical (unpaired) electrons. The van der Waals surface area contributed by atoms with Gasteiger partial charge in [0.15, 0.2) is 0 Å². The molecule has 0 aliphatic heterocycles. The molecule has 0 fully saturated rings. The first kappa shape index (κ1) is 9.40. The van der Waals surface area contributed by atoms with Gasteiger partial charge in [0, 0.05) is 23.9 Å². The van der Waals surface area contributed by atoms with Crippen LogP contribution in [0.25, 0.3) is 0 Å². The van der Waals surface area contributed by atoms with Gasteiger partial charge >= 0.3 is 0 Å². The van der Waals surface area contributed by atoms with Crippen LogP contribution < -0.4 is 5.32 Å². The van der Waals surface area contributed by atoms with Gasteiger partial charge in [-0.05, 0) is 38.5 Å². The van der Waals surface area contributed by atoms with E-state index in [0.717, 1.165) is 12.8 Å². The molecule has 2 rings (SSSR count). The van der Waals surface area contributed by atoms with Gasteiger partial charge in [-0.25, -0.2) is 0 Å². The topological polar surface area (TPSA) is 12.0 Å². The van der Waals surface area contributed by atoms with Gasteiger partial charge < -0.3 is 5.32 Å². The average molecular weight is 187 g/mol. The molecule has 0 spiro atoms. The summed E-state index contributed by atoms with van der Waals surface area (Å²) < 4.78 is 0. The Kier molecular flexibility index (Phi) is 3.29. The molecule has 14 heavy (non-hydrogen) atoms. The molecule has 74 valence electrons. The summed E-state index contributed by atoms with van der Waals surface area (Å²) >= 11 is 0. The minimum atomic E-state index is 1.04. The first-order valence-corrected chi connectivity index (χ1v) is 5.58. The summed E-state index contributed by atoms with van der Waals surface area (Å²) in [5.74, 6) is 6.21. The summed E-state index contributed by atoms with van der Waals surface area (Å²) in [7, 11) is 0. The molecule has 0 saturated heterocycles. The quantitative estimate of drug-likeness (QED) is 0.655. The van der Waals surface area contributed by atoms with E-state index in [1.165, 1.54) is 43.5 Å². The molecule has 0 aromatic heterocycles. The third-order valence-corrected chi connectivity index (χ3v) is 2.71. The molecule has 2 aliphatic rings. The molecule has 0 saturated carbocycles. The smallest absolute Gasteiger partial charge is 0.0233 e. The minimum absolute atomic E-state index is 1.04. The van der Waals surface area contributed by atoms with Crippen LogP contribution in [-0.2, 0) is 0 Å². The summed E-state index contributed by atoms with van der Waals surface area (Å²) in [6, 6.07) is 0. The zero-order chi connectivity index (χ0) is 9.64. The Morgan fingerprint density at radius 1 is 1.07 bits per heavy atom. The molecule has 1 nitrogen and oxygen atoms in total. The van der Waals surface area contributed by atoms with Crippen molar-refractivity contribution >= 4 is 0 Å². The van der Waals surface area contributed by atoms with E-state index in [1.807, 2.05) is 6.08 Å². The molecule has 0 atom stereocenters. The van der Waals surface area contributed by atoms with Crippen LogP contribution in [0.5, 0.6) is 0 Å². The number of nitrogens with one attached hydrogen (secondary N) is 1. The average Bonchev–Trinajstić information content (AvgIpc) is 2.48. The molecule has 0 bridgehead atoms. The number of allylic oxidation sites excluding steroid dienone is 4. The van der Waals surface area contributed by atoms with E-state index >= 15 is 0 Å². The lowest BCUT2D eigenvalue weighted by Gasteiger charge is -2.16. The van der Waals surface area contributed by atoms with E-state index in [1.54, 1.807) is 0 Å². The van der Waals surface area contributed by atoms with Crippen molar-refractivity contribution in [3.05, 3.63) is 23.5 Å². The van der Waals surface area contributed by atoms with Crippen molar-refractivity contribution in [3.63, 3.8) is 0 Å². The second kappa shape index (κ2) is 4.91. The van der Waals surface area contributed by atoms with Crippen LogP contribution in [-0.4, -0.2) is 0 Å². The summed E-state index contributed by atoms with van der Waals surface area (Å²) in [6.07, 6.45) is 12.9. The van der Waals surface area contributed by atoms with Crippen molar-refractivity contribution in [2.75, 3.05) is 0 Å². The summed E-state index contributed by atoms with van der Waals surface area (Å²) in [6.45, 7) is 0. The number of rotatable bonds is 2. The summed E-state index contributed by atoms with van der Waals surface area (Å²) in [5, 5.41) is 3.52. The first-order valence-electron chi connectivity index (χ1n) is 5.58. The van der Waals surface area contributed by atoms with Crippen LogP contribution in [0, 0.1) is 11.8 Å². The van der Waals surface area contributed by atoms with Crippen LogP contribution in [0.15, 0.2) is 23.5 Å². The highest BCUT2D eigenvalue weighted by atomic mass is 14.9. The van der Waals surface area contributed by atoms with Crippen LogP contribution in [0.1, 0.15) is 44.9 Å². The number of hydrogen-bond acceptors (Lipinski definition) is 1. The van der Waals surface area contributed by atoms with E-state index in [2.05, 4.69) is 23.2 Å². The minimum Gasteiger partial charge on any atom is -0.362 e. The third-order valence-electron chi connectivity index (χ3n) is 2.71. The van der Waals surface area contributed by atoms with Gasteiger partial charge in [-0.1, -0.05) is 17.9 Å². The van der Waals surface area contributed by atoms with Gasteiger partial charge in [0.1, 0.15) is 0 Å². The maximum atomic E-state index is 3.52. The summed E-state index contributed by atoms with van der Waals surface area (Å²) in [5.41, 5.74) is 2.72. The predicted octanol–water partition coefficient (Wildman–Crippen LogP) is 3.11. The Morgan fingerprint density at radius 2 is 2.00 bits per heavy atom. The monoisotopic (exact) mass is 187 g/mol. The lowest BCUT2D eigenvalue weighted by atomic mass is 10.0. The maximum absolute atomic E-state index is 3.52. The normalized spacial score (nSPS) is 21.1. The van der Waals surface area contributed by atoms with Crippen molar-refractivity contribution in [2.45, 2.75) is 44.9 Å². The lowest BCUT2D eigenvalue weighted by molar-refractivity contribution is 0.655. The fraction of sp³-hybridized carbons (Fsp3) is 0.538. The van der Waals surface area contributed by atoms with Crippen molar-refractivity contribution in [3.8, 4) is 11.8 Å². The highest BCUT2D eigenvalue weighted by Crippen LogP contribution is 2.17. The van der Waals surface area contributed by atoms with E-state index < -0.39 is 0 Å². The SMILES string of the molecule is C1#CCCCC(NC2=CCCCC2)=C1. The highest BCUT2D eigenvalue weighted by Gasteiger charge is 2.05. The zero-order valence-electron chi connectivity index (χ0n) is 8.60. The van der Waals surface area contributed by atoms with Crippen LogP contribution in [0.2, 0.25) is 0 Å². The Balaban J connectivity index is 1.94. The largest absolute Gasteiger partial charge is 0.362 e. The predicted molar refractivity (Wildman–Crippen MR) is 59.4 cm³/mol. The Hall–Kier alpha value is -1.16. The third kappa shape index (κ3) is 2.67. The van der Waals surface area contributed by atoms with Gasteiger partial charge in [-0.2, -0.15) is 0 Å². The summed E-state index contributed by atoms with van der Waals surface area (Å²) in [4.78, 5) is 0. The van der Waals surface area contributed by atoms with Gasteiger partial charge in [-0.15, -0.1) is 0 Å². The Morgan fingerprint density at radius 3 is 2.86 bits per heavy atom. The van der Waals surface area contributed by atoms with Gasteiger partial charge in [0.05, 0.1) is 0 Å². The second-order valence-electron chi connectivity index (χ2n) is 3.94. The van der Waals surface area contributed by atoms with Crippen molar-refractivity contribution < 1.29 is 0 Å². The Bertz CT molecular complexity index is 312. The molecule has 1 N–H and O–H groups in total. The van der Waals surface area contributed by atoms with Gasteiger partial charge in [0.25, 0.3) is 0 Å². The Labute approximate surface area is 86.3 Å². The van der Waals surface area contributed by atoms with E-state index in [0.29, 0.717) is 0 Å². The lowest BCUT2D eigenvalue weighted by Crippen LogP contribution is -2.14. The van der Waals surface area contributed by atoms with Crippen LogP contribution >= 0.6 is 0 Å². The molecule has 0 aromatic rings. The number of hydrogen-bond donors (Lipinski definition) is 1. The molecule has 2 aliphatic carbocycles. The van der Waals surface area contributed by atoms with E-state index in [-0.39, 0.29) is 0 Å². The van der Waals surface area contributed by atoms with Gasteiger partial charge in [0.2, 0.25) is 0 Å². The molecule has 0 aromatic carbocycles. The molecular formula is C13H17N. The van der Waals surface area contributed by atoms with Crippen molar-refractivity contribution in [2.24, 2.45) is 0 Å². The maximum Gasteiger partial charge on any atom is 0.0233 e. The molecule has 1 heteroatoms. The van der Waals surface area contributed by atoms with E-state index in [9.17, 15) is 0 Å². The molecule has 0 unspecified atom stereocenters. The molecular weight excluding hydrogens is 170 g/mol. The fourth-order valence-electron chi connectivity index (χ4n) is 1.91. The first-order chi connectivity index (χ1) is 6.95. The van der Waals surface area contributed by atoms with Gasteiger partial charge in [-0.3, -0.25) is 0 Å². The second-order valence-corrected chi connectivity index (χ2v) is 3.94. The van der Waals surface area contributed by atoms with E-state index in [4.69, 9.17) is 0 Å². The molecule has 0 amide bonds. The molecule has 0 heterocycles. The van der Waals surface area contributed by atoms with Crippen molar-refractivity contribution in [1.82, 2.24) is 5.32 Å². The highest BCUT2D eigenvalue weighted by molar-refractivity contribution is 5.25. The fourth-order valence-corrected chi connectivity index (χ4v) is 1.91. The van der Waals surface area contributed by atoms with Crippen LogP contribution in [0.3, 0.4) is 0 Å². The van der Waals surface area contributed by atoms with Crippen molar-refractivity contribution in [1.29, 1.82) is 0 Å². The standard InChI is InChI=1S/C13H17N/c1-2-5-9-12(8-4-1)14-13-10-6-3-7-11-13/h9-10,14H,1,3-4,6-8,11H2.